The van der Waals surface area contributed by atoms with Crippen molar-refractivity contribution < 1.29 is 8.83 Å². The van der Waals surface area contributed by atoms with Crippen molar-refractivity contribution in [3.05, 3.63) is 164 Å². The Morgan fingerprint density at radius 2 is 0.945 bits per heavy atom. The molecule has 0 saturated carbocycles. The number of hydrogen-bond donors (Lipinski definition) is 0. The molecule has 256 valence electrons. The summed E-state index contributed by atoms with van der Waals surface area (Å²) in [6.45, 7) is 0. The lowest BCUT2D eigenvalue weighted by molar-refractivity contribution is 0.669. The first-order valence-electron chi connectivity index (χ1n) is 18.3. The first-order valence-corrected chi connectivity index (χ1v) is 19.1. The van der Waals surface area contributed by atoms with E-state index in [4.69, 9.17) is 23.8 Å². The summed E-state index contributed by atoms with van der Waals surface area (Å²) in [5.41, 5.74) is 8.28. The van der Waals surface area contributed by atoms with E-state index in [2.05, 4.69) is 133 Å². The first kappa shape index (κ1) is 30.3. The number of furan rings is 2. The highest BCUT2D eigenvalue weighted by atomic mass is 32.1. The summed E-state index contributed by atoms with van der Waals surface area (Å²) < 4.78 is 15.4. The van der Waals surface area contributed by atoms with E-state index in [1.807, 2.05) is 30.3 Å². The molecule has 4 heterocycles. The molecule has 0 saturated heterocycles. The summed E-state index contributed by atoms with van der Waals surface area (Å²) in [5.74, 6) is 1.79. The van der Waals surface area contributed by atoms with Crippen molar-refractivity contribution in [1.82, 2.24) is 15.0 Å². The van der Waals surface area contributed by atoms with Gasteiger partial charge in [-0.2, -0.15) is 0 Å². The van der Waals surface area contributed by atoms with Gasteiger partial charge in [0.25, 0.3) is 0 Å². The smallest absolute Gasteiger partial charge is 0.164 e. The highest BCUT2D eigenvalue weighted by molar-refractivity contribution is 7.25. The number of aromatic nitrogens is 3. The van der Waals surface area contributed by atoms with Crippen LogP contribution in [0.15, 0.2) is 173 Å². The highest BCUT2D eigenvalue weighted by Crippen LogP contribution is 2.43. The van der Waals surface area contributed by atoms with E-state index < -0.39 is 0 Å². The number of thiophene rings is 1. The first-order chi connectivity index (χ1) is 27.2. The van der Waals surface area contributed by atoms with Crippen LogP contribution in [0.2, 0.25) is 0 Å². The SMILES string of the molecule is c1ccc(-c2ccc3c(c2)oc2cccc(-c4nc(-c5cccc6sc7ccccc7c56)nc(-c5cccc6ccc7oc8ccccc8c7c56)n4)c23)cc1. The number of para-hydroxylation sites is 1. The van der Waals surface area contributed by atoms with Gasteiger partial charge in [-0.25, -0.2) is 15.0 Å². The molecule has 0 bridgehead atoms. The molecular weight excluding hydrogens is 695 g/mol. The van der Waals surface area contributed by atoms with Crippen LogP contribution in [-0.4, -0.2) is 15.0 Å². The van der Waals surface area contributed by atoms with Gasteiger partial charge in [0.1, 0.15) is 22.3 Å². The minimum absolute atomic E-state index is 0.582. The monoisotopic (exact) mass is 721 g/mol. The molecule has 0 spiro atoms. The average molecular weight is 722 g/mol. The van der Waals surface area contributed by atoms with Gasteiger partial charge < -0.3 is 8.83 Å². The Kier molecular flexibility index (Phi) is 6.44. The maximum Gasteiger partial charge on any atom is 0.164 e. The van der Waals surface area contributed by atoms with E-state index in [-0.39, 0.29) is 0 Å². The fraction of sp³-hybridized carbons (Fsp3) is 0. The van der Waals surface area contributed by atoms with Gasteiger partial charge in [-0.15, -0.1) is 11.3 Å². The summed E-state index contributed by atoms with van der Waals surface area (Å²) in [6, 6.07) is 56.7. The molecule has 0 unspecified atom stereocenters. The van der Waals surface area contributed by atoms with Crippen molar-refractivity contribution in [2.75, 3.05) is 0 Å². The van der Waals surface area contributed by atoms with Crippen LogP contribution >= 0.6 is 11.3 Å². The Morgan fingerprint density at radius 3 is 1.78 bits per heavy atom. The van der Waals surface area contributed by atoms with Crippen molar-refractivity contribution >= 4 is 86.2 Å². The summed E-state index contributed by atoms with van der Waals surface area (Å²) in [7, 11) is 0. The highest BCUT2D eigenvalue weighted by Gasteiger charge is 2.22. The lowest BCUT2D eigenvalue weighted by Gasteiger charge is -2.12. The predicted molar refractivity (Wildman–Crippen MR) is 227 cm³/mol. The molecule has 8 aromatic carbocycles. The van der Waals surface area contributed by atoms with Crippen molar-refractivity contribution in [2.24, 2.45) is 0 Å². The Labute approximate surface area is 317 Å². The van der Waals surface area contributed by atoms with Crippen LogP contribution < -0.4 is 0 Å². The molecule has 4 aromatic heterocycles. The molecule has 12 aromatic rings. The number of fused-ring (bicyclic) bond motifs is 11. The summed E-state index contributed by atoms with van der Waals surface area (Å²) >= 11 is 1.79. The Hall–Kier alpha value is -7.15. The molecule has 0 aliphatic rings. The molecule has 12 rings (SSSR count). The van der Waals surface area contributed by atoms with Gasteiger partial charge in [0.2, 0.25) is 0 Å². The second kappa shape index (κ2) is 11.7. The Balaban J connectivity index is 1.17. The number of rotatable bonds is 4. The zero-order valence-electron chi connectivity index (χ0n) is 29.2. The molecule has 0 aliphatic heterocycles. The van der Waals surface area contributed by atoms with Crippen molar-refractivity contribution in [2.45, 2.75) is 0 Å². The lowest BCUT2D eigenvalue weighted by atomic mass is 9.98. The van der Waals surface area contributed by atoms with Gasteiger partial charge in [0.05, 0.1) is 0 Å². The third-order valence-electron chi connectivity index (χ3n) is 10.7. The molecule has 6 heteroatoms. The van der Waals surface area contributed by atoms with Gasteiger partial charge in [0, 0.05) is 63.8 Å². The van der Waals surface area contributed by atoms with E-state index in [9.17, 15) is 0 Å². The van der Waals surface area contributed by atoms with Crippen LogP contribution in [0.4, 0.5) is 0 Å². The average Bonchev–Trinajstić information content (AvgIpc) is 3.94. The number of nitrogens with zero attached hydrogens (tertiary/aromatic N) is 3. The zero-order valence-corrected chi connectivity index (χ0v) is 30.0. The zero-order chi connectivity index (χ0) is 36.0. The Bertz CT molecular complexity index is 3510. The van der Waals surface area contributed by atoms with E-state index >= 15 is 0 Å². The summed E-state index contributed by atoms with van der Waals surface area (Å²) in [4.78, 5) is 16.1. The van der Waals surface area contributed by atoms with E-state index in [1.54, 1.807) is 11.3 Å². The van der Waals surface area contributed by atoms with Crippen LogP contribution in [0.1, 0.15) is 0 Å². The topological polar surface area (TPSA) is 65.0 Å². The van der Waals surface area contributed by atoms with Crippen LogP contribution in [0.5, 0.6) is 0 Å². The quantitative estimate of drug-likeness (QED) is 0.181. The van der Waals surface area contributed by atoms with Gasteiger partial charge in [0.15, 0.2) is 17.5 Å². The van der Waals surface area contributed by atoms with Gasteiger partial charge in [-0.1, -0.05) is 121 Å². The molecule has 0 amide bonds. The second-order valence-electron chi connectivity index (χ2n) is 13.9. The van der Waals surface area contributed by atoms with Crippen LogP contribution in [0.25, 0.3) is 120 Å². The molecule has 0 atom stereocenters. The molecule has 0 aliphatic carbocycles. The normalized spacial score (nSPS) is 12.0. The van der Waals surface area contributed by atoms with E-state index in [1.165, 1.54) is 14.8 Å². The lowest BCUT2D eigenvalue weighted by Crippen LogP contribution is -2.01. The summed E-state index contributed by atoms with van der Waals surface area (Å²) in [5, 5.41) is 8.57. The fourth-order valence-electron chi connectivity index (χ4n) is 8.30. The van der Waals surface area contributed by atoms with Crippen molar-refractivity contribution in [1.29, 1.82) is 0 Å². The van der Waals surface area contributed by atoms with Crippen molar-refractivity contribution in [3.8, 4) is 45.3 Å². The molecule has 55 heavy (non-hydrogen) atoms. The van der Waals surface area contributed by atoms with Crippen LogP contribution in [-0.2, 0) is 0 Å². The number of benzene rings is 8. The molecule has 0 N–H and O–H groups in total. The fourth-order valence-corrected chi connectivity index (χ4v) is 9.43. The minimum atomic E-state index is 0.582. The third-order valence-corrected chi connectivity index (χ3v) is 11.9. The van der Waals surface area contributed by atoms with Gasteiger partial charge >= 0.3 is 0 Å². The van der Waals surface area contributed by atoms with E-state index in [0.717, 1.165) is 87.9 Å². The van der Waals surface area contributed by atoms with Crippen LogP contribution in [0.3, 0.4) is 0 Å². The van der Waals surface area contributed by atoms with Crippen LogP contribution in [0, 0.1) is 0 Å². The molecule has 5 nitrogen and oxygen atoms in total. The standard InChI is InChI=1S/C49H27N3O2S/c1-2-11-28(12-3-1)30-23-25-32-40(27-30)54-38-20-9-17-35(44(32)38)48-50-47(51-49(52-48)36-18-10-22-42-45(36)33-15-5-7-21-41(33)55-42)34-16-8-13-29-24-26-39-46(43(29)34)31-14-4-6-19-37(31)53-39/h1-27H. The minimum Gasteiger partial charge on any atom is -0.456 e. The number of hydrogen-bond acceptors (Lipinski definition) is 6. The molecule has 0 radical (unpaired) electrons. The van der Waals surface area contributed by atoms with Gasteiger partial charge in [-0.3, -0.25) is 0 Å². The molecular formula is C49H27N3O2S. The maximum absolute atomic E-state index is 6.56. The third kappa shape index (κ3) is 4.62. The van der Waals surface area contributed by atoms with E-state index in [0.29, 0.717) is 17.5 Å². The van der Waals surface area contributed by atoms with Crippen molar-refractivity contribution in [3.63, 3.8) is 0 Å². The molecule has 0 fully saturated rings. The van der Waals surface area contributed by atoms with Gasteiger partial charge in [-0.05, 0) is 59.0 Å². The Morgan fingerprint density at radius 1 is 0.345 bits per heavy atom. The predicted octanol–water partition coefficient (Wildman–Crippen LogP) is 13.9. The summed E-state index contributed by atoms with van der Waals surface area (Å²) in [6.07, 6.45) is 0. The largest absolute Gasteiger partial charge is 0.456 e. The maximum atomic E-state index is 6.56. The second-order valence-corrected chi connectivity index (χ2v) is 15.0.